The van der Waals surface area contributed by atoms with Gasteiger partial charge in [0.25, 0.3) is 15.9 Å². The maximum atomic E-state index is 13.5. The molecule has 0 unspecified atom stereocenters. The number of aliphatic imine (C=N–C) groups is 1. The van der Waals surface area contributed by atoms with E-state index in [-0.39, 0.29) is 16.6 Å². The van der Waals surface area contributed by atoms with Gasteiger partial charge in [0, 0.05) is 28.8 Å². The predicted octanol–water partition coefficient (Wildman–Crippen LogP) is 5.59. The summed E-state index contributed by atoms with van der Waals surface area (Å²) in [6.45, 7) is 5.98. The van der Waals surface area contributed by atoms with Crippen molar-refractivity contribution in [2.24, 2.45) is 4.99 Å². The van der Waals surface area contributed by atoms with Gasteiger partial charge in [-0.15, -0.1) is 0 Å². The standard InChI is InChI=1S/C29H35N5O4S/c1-4-5-12-26-31-29(15-8-9-16-29)28(35)34(26)18-21-13-14-22(24(30)17-21)23-10-6-7-11-25(23)39(36,37)33-27-19(2)20(3)38-32-27/h6-7,10-11,13-14,17H,4-5,8-9,12,15-16,18,30H2,1-3H3,(H,32,33). The van der Waals surface area contributed by atoms with E-state index in [2.05, 4.69) is 16.8 Å². The van der Waals surface area contributed by atoms with Crippen LogP contribution >= 0.6 is 0 Å². The van der Waals surface area contributed by atoms with E-state index in [9.17, 15) is 13.2 Å². The summed E-state index contributed by atoms with van der Waals surface area (Å²) in [5.41, 5.74) is 8.91. The number of aryl methyl sites for hydroxylation is 1. The van der Waals surface area contributed by atoms with Crippen molar-refractivity contribution in [3.05, 3.63) is 59.4 Å². The Kier molecular flexibility index (Phi) is 7.24. The first-order valence-corrected chi connectivity index (χ1v) is 15.0. The van der Waals surface area contributed by atoms with Gasteiger partial charge in [-0.05, 0) is 50.8 Å². The Morgan fingerprint density at radius 1 is 1.10 bits per heavy atom. The number of hydrogen-bond acceptors (Lipinski definition) is 7. The molecule has 5 rings (SSSR count). The zero-order valence-electron chi connectivity index (χ0n) is 22.7. The smallest absolute Gasteiger partial charge is 0.263 e. The number of rotatable bonds is 9. The lowest BCUT2D eigenvalue weighted by Crippen LogP contribution is -2.40. The monoisotopic (exact) mass is 549 g/mol. The summed E-state index contributed by atoms with van der Waals surface area (Å²) in [4.78, 5) is 20.4. The molecule has 3 N–H and O–H groups in total. The quantitative estimate of drug-likeness (QED) is 0.335. The lowest BCUT2D eigenvalue weighted by Gasteiger charge is -2.23. The highest BCUT2D eigenvalue weighted by molar-refractivity contribution is 7.92. The number of carbonyl (C=O) groups is 1. The number of hydrogen-bond donors (Lipinski definition) is 2. The van der Waals surface area contributed by atoms with E-state index >= 15 is 0 Å². The molecule has 0 atom stereocenters. The third kappa shape index (κ3) is 5.05. The zero-order valence-corrected chi connectivity index (χ0v) is 23.5. The van der Waals surface area contributed by atoms with Crippen molar-refractivity contribution < 1.29 is 17.7 Å². The highest BCUT2D eigenvalue weighted by atomic mass is 32.2. The number of aromatic nitrogens is 1. The molecule has 1 saturated carbocycles. The maximum absolute atomic E-state index is 13.5. The molecule has 0 radical (unpaired) electrons. The van der Waals surface area contributed by atoms with Gasteiger partial charge < -0.3 is 10.3 Å². The molecule has 2 aromatic carbocycles. The second-order valence-electron chi connectivity index (χ2n) is 10.5. The minimum absolute atomic E-state index is 0.0800. The zero-order chi connectivity index (χ0) is 27.8. The number of nitrogen functional groups attached to an aromatic ring is 1. The first-order valence-electron chi connectivity index (χ1n) is 13.5. The van der Waals surface area contributed by atoms with Crippen LogP contribution in [0.1, 0.15) is 68.8 Å². The minimum atomic E-state index is -3.98. The van der Waals surface area contributed by atoms with Crippen LogP contribution in [0.15, 0.2) is 56.9 Å². The van der Waals surface area contributed by atoms with Gasteiger partial charge in [-0.3, -0.25) is 19.4 Å². The lowest BCUT2D eigenvalue weighted by molar-refractivity contribution is -0.131. The molecule has 0 bridgehead atoms. The molecule has 10 heteroatoms. The highest BCUT2D eigenvalue weighted by Gasteiger charge is 2.49. The van der Waals surface area contributed by atoms with Gasteiger partial charge >= 0.3 is 0 Å². The normalized spacial score (nSPS) is 16.7. The van der Waals surface area contributed by atoms with Crippen molar-refractivity contribution >= 4 is 33.3 Å². The molecular formula is C29H35N5O4S. The minimum Gasteiger partial charge on any atom is -0.398 e. The van der Waals surface area contributed by atoms with Crippen LogP contribution in [0.3, 0.4) is 0 Å². The Bertz CT molecular complexity index is 1540. The molecule has 1 aromatic heterocycles. The van der Waals surface area contributed by atoms with Crippen molar-refractivity contribution in [2.75, 3.05) is 10.5 Å². The van der Waals surface area contributed by atoms with Crippen LogP contribution in [0.25, 0.3) is 11.1 Å². The lowest BCUT2D eigenvalue weighted by atomic mass is 9.97. The highest BCUT2D eigenvalue weighted by Crippen LogP contribution is 2.40. The summed E-state index contributed by atoms with van der Waals surface area (Å²) in [5.74, 6) is 1.66. The van der Waals surface area contributed by atoms with Crippen LogP contribution in [0.5, 0.6) is 0 Å². The van der Waals surface area contributed by atoms with Gasteiger partial charge in [-0.2, -0.15) is 0 Å². The number of amidine groups is 1. The number of benzene rings is 2. The Morgan fingerprint density at radius 2 is 1.85 bits per heavy atom. The van der Waals surface area contributed by atoms with Crippen LogP contribution in [-0.4, -0.2) is 35.8 Å². The summed E-state index contributed by atoms with van der Waals surface area (Å²) in [7, 11) is -3.98. The van der Waals surface area contributed by atoms with Gasteiger partial charge in [0.2, 0.25) is 0 Å². The second kappa shape index (κ2) is 10.5. The summed E-state index contributed by atoms with van der Waals surface area (Å²) in [6.07, 6.45) is 6.46. The number of nitrogens with two attached hydrogens (primary N) is 1. The molecule has 1 aliphatic heterocycles. The van der Waals surface area contributed by atoms with E-state index in [1.165, 1.54) is 6.07 Å². The molecule has 2 aliphatic rings. The third-order valence-corrected chi connectivity index (χ3v) is 9.19. The summed E-state index contributed by atoms with van der Waals surface area (Å²) >= 11 is 0. The summed E-state index contributed by atoms with van der Waals surface area (Å²) in [6, 6.07) is 12.2. The Balaban J connectivity index is 1.42. The SMILES string of the molecule is CCCCC1=NC2(CCCC2)C(=O)N1Cc1ccc(-c2ccccc2S(=O)(=O)Nc2noc(C)c2C)c(N)c1. The Morgan fingerprint density at radius 3 is 2.51 bits per heavy atom. The molecule has 206 valence electrons. The molecule has 39 heavy (non-hydrogen) atoms. The number of unbranched alkanes of at least 4 members (excludes halogenated alkanes) is 1. The van der Waals surface area contributed by atoms with Crippen LogP contribution in [0.4, 0.5) is 11.5 Å². The number of nitrogens with one attached hydrogen (secondary N) is 1. The van der Waals surface area contributed by atoms with E-state index in [1.54, 1.807) is 32.0 Å². The number of anilines is 2. The molecule has 1 aliphatic carbocycles. The van der Waals surface area contributed by atoms with Gasteiger partial charge in [0.1, 0.15) is 17.1 Å². The number of sulfonamides is 1. The van der Waals surface area contributed by atoms with Crippen LogP contribution < -0.4 is 10.5 Å². The van der Waals surface area contributed by atoms with E-state index in [0.29, 0.717) is 34.7 Å². The van der Waals surface area contributed by atoms with Crippen molar-refractivity contribution in [1.29, 1.82) is 0 Å². The number of carbonyl (C=O) groups excluding carboxylic acids is 1. The number of amides is 1. The van der Waals surface area contributed by atoms with Gasteiger partial charge in [-0.25, -0.2) is 8.42 Å². The van der Waals surface area contributed by atoms with E-state index < -0.39 is 15.6 Å². The van der Waals surface area contributed by atoms with E-state index in [4.69, 9.17) is 15.2 Å². The van der Waals surface area contributed by atoms with Crippen molar-refractivity contribution in [2.45, 2.75) is 82.7 Å². The molecule has 3 aromatic rings. The average Bonchev–Trinajstić information content (AvgIpc) is 3.59. The molecular weight excluding hydrogens is 514 g/mol. The van der Waals surface area contributed by atoms with Gasteiger partial charge in [-0.1, -0.05) is 61.7 Å². The average molecular weight is 550 g/mol. The van der Waals surface area contributed by atoms with Crippen LogP contribution in [-0.2, 0) is 21.4 Å². The van der Waals surface area contributed by atoms with E-state index in [1.807, 2.05) is 23.1 Å². The largest absolute Gasteiger partial charge is 0.398 e. The maximum Gasteiger partial charge on any atom is 0.263 e. The first-order chi connectivity index (χ1) is 18.6. The fraction of sp³-hybridized carbons (Fsp3) is 0.414. The summed E-state index contributed by atoms with van der Waals surface area (Å²) in [5, 5.41) is 3.83. The topological polar surface area (TPSA) is 131 Å². The molecule has 2 heterocycles. The van der Waals surface area contributed by atoms with Crippen molar-refractivity contribution in [3.8, 4) is 11.1 Å². The van der Waals surface area contributed by atoms with Crippen molar-refractivity contribution in [3.63, 3.8) is 0 Å². The predicted molar refractivity (Wildman–Crippen MR) is 152 cm³/mol. The third-order valence-electron chi connectivity index (χ3n) is 7.79. The van der Waals surface area contributed by atoms with Gasteiger partial charge in [0.05, 0.1) is 11.4 Å². The summed E-state index contributed by atoms with van der Waals surface area (Å²) < 4.78 is 34.4. The second-order valence-corrected chi connectivity index (χ2v) is 12.1. The van der Waals surface area contributed by atoms with Crippen LogP contribution in [0, 0.1) is 13.8 Å². The fourth-order valence-corrected chi connectivity index (χ4v) is 6.74. The molecule has 1 fully saturated rings. The molecule has 0 saturated heterocycles. The fourth-order valence-electron chi connectivity index (χ4n) is 5.46. The van der Waals surface area contributed by atoms with Crippen molar-refractivity contribution in [1.82, 2.24) is 10.1 Å². The first kappa shape index (κ1) is 26.9. The van der Waals surface area contributed by atoms with E-state index in [0.717, 1.165) is 56.3 Å². The van der Waals surface area contributed by atoms with Crippen LogP contribution in [0.2, 0.25) is 0 Å². The molecule has 9 nitrogen and oxygen atoms in total. The van der Waals surface area contributed by atoms with Gasteiger partial charge in [0.15, 0.2) is 5.82 Å². The molecule has 1 amide bonds. The Hall–Kier alpha value is -3.66. The molecule has 1 spiro atoms. The number of nitrogens with zero attached hydrogens (tertiary/aromatic N) is 3. The Labute approximate surface area is 229 Å².